The monoisotopic (exact) mass is 390 g/mol. The maximum absolute atomic E-state index is 12.2. The second kappa shape index (κ2) is 10.6. The first-order chi connectivity index (χ1) is 12.9. The van der Waals surface area contributed by atoms with Crippen LogP contribution in [0.15, 0.2) is 29.3 Å². The number of nitrogens with zero attached hydrogens (tertiary/aromatic N) is 2. The topological polar surface area (TPSA) is 56.7 Å². The number of nitrogens with one attached hydrogen (secondary N) is 2. The molecule has 1 amide bonds. The van der Waals surface area contributed by atoms with Gasteiger partial charge in [0.05, 0.1) is 0 Å². The molecule has 1 aliphatic rings. The molecule has 6 heteroatoms. The number of thioether (sulfide) groups is 1. The van der Waals surface area contributed by atoms with Crippen molar-refractivity contribution >= 4 is 23.6 Å². The quantitative estimate of drug-likeness (QED) is 0.578. The smallest absolute Gasteiger partial charge is 0.251 e. The largest absolute Gasteiger partial charge is 0.352 e. The summed E-state index contributed by atoms with van der Waals surface area (Å²) in [6, 6.07) is 8.00. The van der Waals surface area contributed by atoms with Gasteiger partial charge in [0.2, 0.25) is 0 Å². The van der Waals surface area contributed by atoms with Crippen molar-refractivity contribution in [3.05, 3.63) is 35.4 Å². The first-order valence-electron chi connectivity index (χ1n) is 9.91. The summed E-state index contributed by atoms with van der Waals surface area (Å²) in [6.07, 6.45) is 0.930. The maximum atomic E-state index is 12.2. The summed E-state index contributed by atoms with van der Waals surface area (Å²) in [7, 11) is 1.84. The Morgan fingerprint density at radius 1 is 1.30 bits per heavy atom. The van der Waals surface area contributed by atoms with Crippen LogP contribution in [0.3, 0.4) is 0 Å². The normalized spacial score (nSPS) is 19.1. The Hall–Kier alpha value is -1.69. The number of carbonyl (C=O) groups excluding carboxylic acids is 1. The number of hydrogen-bond acceptors (Lipinski definition) is 3. The molecular weight excluding hydrogens is 356 g/mol. The number of carbonyl (C=O) groups is 1. The third-order valence-electron chi connectivity index (χ3n) is 5.00. The van der Waals surface area contributed by atoms with Crippen molar-refractivity contribution in [2.24, 2.45) is 10.9 Å². The van der Waals surface area contributed by atoms with Crippen LogP contribution in [-0.2, 0) is 6.54 Å². The predicted octanol–water partition coefficient (Wildman–Crippen LogP) is 3.36. The second-order valence-corrected chi connectivity index (χ2v) is 8.83. The zero-order valence-electron chi connectivity index (χ0n) is 17.3. The van der Waals surface area contributed by atoms with Gasteiger partial charge >= 0.3 is 0 Å². The average molecular weight is 391 g/mol. The number of guanidine groups is 1. The Bertz CT molecular complexity index is 630. The molecule has 5 nitrogen and oxygen atoms in total. The van der Waals surface area contributed by atoms with Crippen LogP contribution in [0.5, 0.6) is 0 Å². The van der Waals surface area contributed by atoms with E-state index in [1.54, 1.807) is 0 Å². The average Bonchev–Trinajstić information content (AvgIpc) is 2.69. The lowest BCUT2D eigenvalue weighted by Gasteiger charge is -2.36. The zero-order valence-corrected chi connectivity index (χ0v) is 18.1. The van der Waals surface area contributed by atoms with Gasteiger partial charge in [-0.2, -0.15) is 11.8 Å². The van der Waals surface area contributed by atoms with Crippen LogP contribution < -0.4 is 10.6 Å². The van der Waals surface area contributed by atoms with Crippen molar-refractivity contribution in [1.82, 2.24) is 15.5 Å². The lowest BCUT2D eigenvalue weighted by Crippen LogP contribution is -2.48. The lowest BCUT2D eigenvalue weighted by atomic mass is 10.1. The van der Waals surface area contributed by atoms with Gasteiger partial charge in [-0.25, -0.2) is 0 Å². The minimum atomic E-state index is -0.00906. The van der Waals surface area contributed by atoms with Crippen LogP contribution >= 0.6 is 11.8 Å². The van der Waals surface area contributed by atoms with Crippen molar-refractivity contribution in [2.45, 2.75) is 52.0 Å². The zero-order chi connectivity index (χ0) is 19.8. The van der Waals surface area contributed by atoms with Gasteiger partial charge in [0.1, 0.15) is 0 Å². The molecule has 0 aliphatic carbocycles. The van der Waals surface area contributed by atoms with Gasteiger partial charge in [0.25, 0.3) is 5.91 Å². The van der Waals surface area contributed by atoms with E-state index < -0.39 is 0 Å². The number of rotatable bonds is 6. The molecule has 2 unspecified atom stereocenters. The van der Waals surface area contributed by atoms with Crippen molar-refractivity contribution in [3.63, 3.8) is 0 Å². The summed E-state index contributed by atoms with van der Waals surface area (Å²) in [5, 5.41) is 7.12. The van der Waals surface area contributed by atoms with E-state index in [2.05, 4.69) is 53.1 Å². The molecule has 1 heterocycles. The molecule has 0 radical (unpaired) electrons. The number of amides is 1. The van der Waals surface area contributed by atoms with Gasteiger partial charge < -0.3 is 15.5 Å². The van der Waals surface area contributed by atoms with Crippen LogP contribution in [0.25, 0.3) is 0 Å². The fourth-order valence-electron chi connectivity index (χ4n) is 2.97. The second-order valence-electron chi connectivity index (χ2n) is 7.48. The van der Waals surface area contributed by atoms with E-state index >= 15 is 0 Å². The van der Waals surface area contributed by atoms with Crippen LogP contribution in [0.4, 0.5) is 0 Å². The Morgan fingerprint density at radius 2 is 2.00 bits per heavy atom. The van der Waals surface area contributed by atoms with Crippen molar-refractivity contribution < 1.29 is 4.79 Å². The highest BCUT2D eigenvalue weighted by Gasteiger charge is 2.24. The van der Waals surface area contributed by atoms with Gasteiger partial charge in [0.15, 0.2) is 5.96 Å². The summed E-state index contributed by atoms with van der Waals surface area (Å²) in [4.78, 5) is 19.0. The van der Waals surface area contributed by atoms with Crippen LogP contribution in [0.1, 0.15) is 50.0 Å². The summed E-state index contributed by atoms with van der Waals surface area (Å²) in [5.74, 6) is 2.76. The molecule has 2 atom stereocenters. The highest BCUT2D eigenvalue weighted by atomic mass is 32.2. The summed E-state index contributed by atoms with van der Waals surface area (Å²) < 4.78 is 0. The Labute approximate surface area is 168 Å². The standard InChI is InChI=1S/C21H34N4OS/c1-6-16(4)24-20(26)18-9-7-17(8-10-18)13-23-21(22-5)25-11-12-27-19(14-25)15(2)3/h7-10,15-16,19H,6,11-14H2,1-5H3,(H,22,23)(H,24,26). The maximum Gasteiger partial charge on any atom is 0.251 e. The molecule has 1 saturated heterocycles. The molecule has 0 spiro atoms. The third-order valence-corrected chi connectivity index (χ3v) is 6.54. The van der Waals surface area contributed by atoms with E-state index in [-0.39, 0.29) is 11.9 Å². The molecule has 27 heavy (non-hydrogen) atoms. The van der Waals surface area contributed by atoms with E-state index in [9.17, 15) is 4.79 Å². The molecule has 2 N–H and O–H groups in total. The van der Waals surface area contributed by atoms with Gasteiger partial charge in [-0.3, -0.25) is 9.79 Å². The van der Waals surface area contributed by atoms with Gasteiger partial charge in [-0.1, -0.05) is 32.9 Å². The SMILES string of the molecule is CCC(C)NC(=O)c1ccc(CNC(=NC)N2CCSC(C(C)C)C2)cc1. The minimum absolute atomic E-state index is 0.00906. The van der Waals surface area contributed by atoms with E-state index in [4.69, 9.17) is 0 Å². The molecule has 0 bridgehead atoms. The van der Waals surface area contributed by atoms with Gasteiger partial charge in [-0.15, -0.1) is 0 Å². The Balaban J connectivity index is 1.90. The van der Waals surface area contributed by atoms with E-state index in [0.29, 0.717) is 23.3 Å². The van der Waals surface area contributed by atoms with E-state index in [1.165, 1.54) is 0 Å². The molecule has 150 valence electrons. The molecule has 2 rings (SSSR count). The van der Waals surface area contributed by atoms with Crippen LogP contribution in [-0.4, -0.2) is 53.9 Å². The van der Waals surface area contributed by atoms with Gasteiger partial charge in [-0.05, 0) is 37.0 Å². The van der Waals surface area contributed by atoms with Crippen molar-refractivity contribution in [3.8, 4) is 0 Å². The van der Waals surface area contributed by atoms with Crippen LogP contribution in [0.2, 0.25) is 0 Å². The molecule has 1 fully saturated rings. The summed E-state index contributed by atoms with van der Waals surface area (Å²) >= 11 is 2.07. The molecule has 1 aromatic rings. The van der Waals surface area contributed by atoms with E-state index in [1.807, 2.05) is 38.2 Å². The Morgan fingerprint density at radius 3 is 2.59 bits per heavy atom. The summed E-state index contributed by atoms with van der Waals surface area (Å²) in [6.45, 7) is 11.4. The first kappa shape index (κ1) is 21.6. The highest BCUT2D eigenvalue weighted by Crippen LogP contribution is 2.24. The molecule has 0 aromatic heterocycles. The predicted molar refractivity (Wildman–Crippen MR) is 117 cm³/mol. The van der Waals surface area contributed by atoms with Crippen molar-refractivity contribution in [1.29, 1.82) is 0 Å². The first-order valence-corrected chi connectivity index (χ1v) is 11.0. The van der Waals surface area contributed by atoms with Crippen molar-refractivity contribution in [2.75, 3.05) is 25.9 Å². The molecule has 1 aliphatic heterocycles. The number of hydrogen-bond donors (Lipinski definition) is 2. The van der Waals surface area contributed by atoms with Crippen LogP contribution in [0, 0.1) is 5.92 Å². The minimum Gasteiger partial charge on any atom is -0.352 e. The summed E-state index contributed by atoms with van der Waals surface area (Å²) in [5.41, 5.74) is 1.85. The number of benzene rings is 1. The highest BCUT2D eigenvalue weighted by molar-refractivity contribution is 8.00. The van der Waals surface area contributed by atoms with Gasteiger partial charge in [0, 0.05) is 49.3 Å². The number of aliphatic imine (C=N–C) groups is 1. The Kier molecular flexibility index (Phi) is 8.48. The molecule has 0 saturated carbocycles. The third kappa shape index (κ3) is 6.45. The molecule has 1 aromatic carbocycles. The molecular formula is C21H34N4OS. The fraction of sp³-hybridized carbons (Fsp3) is 0.619. The fourth-order valence-corrected chi connectivity index (χ4v) is 4.27. The van der Waals surface area contributed by atoms with E-state index in [0.717, 1.165) is 36.8 Å². The lowest BCUT2D eigenvalue weighted by molar-refractivity contribution is 0.0939.